The lowest BCUT2D eigenvalue weighted by molar-refractivity contribution is -0.132. The summed E-state index contributed by atoms with van der Waals surface area (Å²) < 4.78 is 36.8. The van der Waals surface area contributed by atoms with Gasteiger partial charge in [0.2, 0.25) is 0 Å². The second kappa shape index (κ2) is 6.55. The van der Waals surface area contributed by atoms with Crippen LogP contribution in [0, 0.1) is 11.3 Å². The topological polar surface area (TPSA) is 52.8 Å². The summed E-state index contributed by atoms with van der Waals surface area (Å²) in [6, 6.07) is 2.04. The summed E-state index contributed by atoms with van der Waals surface area (Å²) in [6.45, 7) is 3.54. The minimum absolute atomic E-state index is 0.214. The molecule has 0 N–H and O–H groups in total. The van der Waals surface area contributed by atoms with Crippen molar-refractivity contribution in [3.8, 4) is 6.07 Å². The van der Waals surface area contributed by atoms with E-state index in [1.54, 1.807) is 0 Å². The van der Waals surface area contributed by atoms with E-state index in [0.29, 0.717) is 18.4 Å². The van der Waals surface area contributed by atoms with E-state index in [1.165, 1.54) is 11.9 Å². The van der Waals surface area contributed by atoms with E-state index >= 15 is 0 Å². The van der Waals surface area contributed by atoms with Crippen LogP contribution in [0.1, 0.15) is 37.1 Å². The molecule has 1 aromatic rings. The lowest BCUT2D eigenvalue weighted by Gasteiger charge is -2.21. The maximum absolute atomic E-state index is 12.3. The van der Waals surface area contributed by atoms with E-state index < -0.39 is 12.6 Å². The molecule has 110 valence electrons. The third kappa shape index (κ3) is 3.83. The van der Waals surface area contributed by atoms with E-state index in [1.807, 2.05) is 19.9 Å². The number of nitriles is 1. The first-order valence-electron chi connectivity index (χ1n) is 6.40. The normalized spacial score (nSPS) is 11.2. The second-order valence-electron chi connectivity index (χ2n) is 4.43. The predicted molar refractivity (Wildman–Crippen MR) is 69.4 cm³/mol. The zero-order chi connectivity index (χ0) is 15.3. The maximum atomic E-state index is 12.3. The lowest BCUT2D eigenvalue weighted by Crippen LogP contribution is -2.26. The third-order valence-corrected chi connectivity index (χ3v) is 3.03. The van der Waals surface area contributed by atoms with Crippen LogP contribution in [0.4, 0.5) is 19.0 Å². The molecule has 0 aliphatic heterocycles. The molecule has 0 saturated carbocycles. The maximum Gasteiger partial charge on any atom is 0.390 e. The number of rotatable bonds is 5. The van der Waals surface area contributed by atoms with Gasteiger partial charge in [0.15, 0.2) is 5.82 Å². The van der Waals surface area contributed by atoms with Gasteiger partial charge in [-0.15, -0.1) is 5.10 Å². The van der Waals surface area contributed by atoms with Crippen LogP contribution in [0.2, 0.25) is 0 Å². The monoisotopic (exact) mass is 286 g/mol. The molecular weight excluding hydrogens is 269 g/mol. The van der Waals surface area contributed by atoms with Crippen molar-refractivity contribution in [3.05, 3.63) is 16.8 Å². The van der Waals surface area contributed by atoms with Gasteiger partial charge in [0, 0.05) is 13.6 Å². The van der Waals surface area contributed by atoms with Gasteiger partial charge in [-0.3, -0.25) is 0 Å². The number of hydrogen-bond donors (Lipinski definition) is 0. The number of halogens is 3. The van der Waals surface area contributed by atoms with Crippen molar-refractivity contribution in [3.63, 3.8) is 0 Å². The molecule has 20 heavy (non-hydrogen) atoms. The fraction of sp³-hybridized carbons (Fsp3) is 0.615. The smallest absolute Gasteiger partial charge is 0.357 e. The van der Waals surface area contributed by atoms with E-state index in [4.69, 9.17) is 0 Å². The number of aromatic nitrogens is 2. The van der Waals surface area contributed by atoms with Crippen molar-refractivity contribution in [2.24, 2.45) is 0 Å². The van der Waals surface area contributed by atoms with E-state index in [0.717, 1.165) is 11.3 Å². The van der Waals surface area contributed by atoms with Gasteiger partial charge in [-0.25, -0.2) is 0 Å². The highest BCUT2D eigenvalue weighted by Gasteiger charge is 2.28. The van der Waals surface area contributed by atoms with Gasteiger partial charge >= 0.3 is 6.18 Å². The van der Waals surface area contributed by atoms with Crippen molar-refractivity contribution >= 4 is 5.82 Å². The standard InChI is InChI=1S/C13H17F3N4/c1-4-9-10(8-17)12(19-18-11(9)5-2)20(3)7-6-13(14,15)16/h4-7H2,1-3H3. The summed E-state index contributed by atoms with van der Waals surface area (Å²) in [5, 5.41) is 17.2. The highest BCUT2D eigenvalue weighted by molar-refractivity contribution is 5.57. The van der Waals surface area contributed by atoms with Crippen LogP contribution in [-0.4, -0.2) is 30.0 Å². The quantitative estimate of drug-likeness (QED) is 0.835. The van der Waals surface area contributed by atoms with Crippen LogP contribution in [0.15, 0.2) is 0 Å². The first kappa shape index (κ1) is 16.2. The molecule has 0 amide bonds. The molecule has 0 fully saturated rings. The molecule has 0 aliphatic rings. The van der Waals surface area contributed by atoms with Gasteiger partial charge in [0.1, 0.15) is 11.6 Å². The highest BCUT2D eigenvalue weighted by atomic mass is 19.4. The van der Waals surface area contributed by atoms with E-state index in [2.05, 4.69) is 10.2 Å². The Morgan fingerprint density at radius 2 is 1.85 bits per heavy atom. The zero-order valence-corrected chi connectivity index (χ0v) is 11.8. The summed E-state index contributed by atoms with van der Waals surface area (Å²) in [5.74, 6) is 0.214. The molecule has 0 aliphatic carbocycles. The number of aryl methyl sites for hydroxylation is 1. The van der Waals surface area contributed by atoms with Crippen molar-refractivity contribution in [2.75, 3.05) is 18.5 Å². The van der Waals surface area contributed by atoms with Crippen molar-refractivity contribution in [2.45, 2.75) is 39.3 Å². The molecular formula is C13H17F3N4. The van der Waals surface area contributed by atoms with Gasteiger partial charge in [-0.2, -0.15) is 23.5 Å². The largest absolute Gasteiger partial charge is 0.390 e. The van der Waals surface area contributed by atoms with Crippen molar-refractivity contribution in [1.29, 1.82) is 5.26 Å². The lowest BCUT2D eigenvalue weighted by atomic mass is 10.0. The van der Waals surface area contributed by atoms with Crippen LogP contribution >= 0.6 is 0 Å². The minimum atomic E-state index is -4.23. The summed E-state index contributed by atoms with van der Waals surface area (Å²) in [6.07, 6.45) is -3.95. The summed E-state index contributed by atoms with van der Waals surface area (Å²) in [7, 11) is 1.49. The van der Waals surface area contributed by atoms with E-state index in [-0.39, 0.29) is 12.4 Å². The molecule has 0 bridgehead atoms. The van der Waals surface area contributed by atoms with Crippen LogP contribution in [0.3, 0.4) is 0 Å². The second-order valence-corrected chi connectivity index (χ2v) is 4.43. The first-order chi connectivity index (χ1) is 9.34. The Hall–Kier alpha value is -1.84. The summed E-state index contributed by atoms with van der Waals surface area (Å²) in [4.78, 5) is 1.33. The Balaban J connectivity index is 3.09. The van der Waals surface area contributed by atoms with Gasteiger partial charge in [0.05, 0.1) is 12.1 Å². The van der Waals surface area contributed by atoms with Gasteiger partial charge < -0.3 is 4.90 Å². The molecule has 1 heterocycles. The Kier molecular flexibility index (Phi) is 5.31. The molecule has 0 atom stereocenters. The highest BCUT2D eigenvalue weighted by Crippen LogP contribution is 2.25. The fourth-order valence-corrected chi connectivity index (χ4v) is 1.95. The van der Waals surface area contributed by atoms with Crippen molar-refractivity contribution < 1.29 is 13.2 Å². The van der Waals surface area contributed by atoms with E-state index in [9.17, 15) is 18.4 Å². The Labute approximate surface area is 116 Å². The summed E-state index contributed by atoms with van der Waals surface area (Å²) in [5.41, 5.74) is 1.81. The average Bonchev–Trinajstić information content (AvgIpc) is 2.41. The molecule has 1 rings (SSSR count). The van der Waals surface area contributed by atoms with Gasteiger partial charge in [-0.1, -0.05) is 13.8 Å². The number of anilines is 1. The Morgan fingerprint density at radius 1 is 1.20 bits per heavy atom. The number of nitrogens with zero attached hydrogens (tertiary/aromatic N) is 4. The Morgan fingerprint density at radius 3 is 2.30 bits per heavy atom. The van der Waals surface area contributed by atoms with Crippen LogP contribution in [0.25, 0.3) is 0 Å². The molecule has 0 aromatic carbocycles. The molecule has 1 aromatic heterocycles. The first-order valence-corrected chi connectivity index (χ1v) is 6.40. The van der Waals surface area contributed by atoms with Crippen LogP contribution in [0.5, 0.6) is 0 Å². The number of hydrogen-bond acceptors (Lipinski definition) is 4. The molecule has 4 nitrogen and oxygen atoms in total. The fourth-order valence-electron chi connectivity index (χ4n) is 1.95. The summed E-state index contributed by atoms with van der Waals surface area (Å²) >= 11 is 0. The molecule has 0 unspecified atom stereocenters. The molecule has 7 heteroatoms. The van der Waals surface area contributed by atoms with Crippen molar-refractivity contribution in [1.82, 2.24) is 10.2 Å². The van der Waals surface area contributed by atoms with Crippen LogP contribution in [-0.2, 0) is 12.8 Å². The average molecular weight is 286 g/mol. The van der Waals surface area contributed by atoms with Crippen LogP contribution < -0.4 is 4.90 Å². The predicted octanol–water partition coefficient (Wildman–Crippen LogP) is 2.86. The zero-order valence-electron chi connectivity index (χ0n) is 11.8. The molecule has 0 spiro atoms. The molecule has 0 saturated heterocycles. The SMILES string of the molecule is CCc1nnc(N(C)CCC(F)(F)F)c(C#N)c1CC. The minimum Gasteiger partial charge on any atom is -0.357 e. The van der Waals surface area contributed by atoms with Gasteiger partial charge in [-0.05, 0) is 18.4 Å². The Bertz CT molecular complexity index is 506. The number of alkyl halides is 3. The third-order valence-electron chi connectivity index (χ3n) is 3.03. The molecule has 0 radical (unpaired) electrons. The van der Waals surface area contributed by atoms with Gasteiger partial charge in [0.25, 0.3) is 0 Å².